The molecule has 20 heavy (non-hydrogen) atoms. The van der Waals surface area contributed by atoms with E-state index in [-0.39, 0.29) is 12.0 Å². The number of halogens is 2. The van der Waals surface area contributed by atoms with Crippen LogP contribution < -0.4 is 0 Å². The van der Waals surface area contributed by atoms with Crippen LogP contribution in [0.15, 0.2) is 12.1 Å². The Balaban J connectivity index is 1.93. The van der Waals surface area contributed by atoms with Crippen LogP contribution >= 0.6 is 23.2 Å². The van der Waals surface area contributed by atoms with Gasteiger partial charge >= 0.3 is 0 Å². The molecule has 0 saturated heterocycles. The van der Waals surface area contributed by atoms with Crippen LogP contribution in [0.1, 0.15) is 53.7 Å². The SMILES string of the molecule is CC1c2c(ccc(Cl)c2Cl)Cn2c1nc1c2C(O)CC1. The average molecular weight is 309 g/mol. The number of nitrogens with zero attached hydrogens (tertiary/aromatic N) is 2. The Morgan fingerprint density at radius 3 is 2.95 bits per heavy atom. The van der Waals surface area contributed by atoms with Crippen molar-refractivity contribution in [1.82, 2.24) is 9.55 Å². The highest BCUT2D eigenvalue weighted by Crippen LogP contribution is 2.43. The minimum atomic E-state index is -0.386. The number of fused-ring (bicyclic) bond motifs is 4. The molecule has 0 saturated carbocycles. The fourth-order valence-corrected chi connectivity index (χ4v) is 4.02. The molecule has 0 fully saturated rings. The number of hydrogen-bond acceptors (Lipinski definition) is 2. The lowest BCUT2D eigenvalue weighted by molar-refractivity contribution is 0.170. The zero-order valence-electron chi connectivity index (χ0n) is 11.0. The summed E-state index contributed by atoms with van der Waals surface area (Å²) in [4.78, 5) is 4.73. The lowest BCUT2D eigenvalue weighted by Crippen LogP contribution is -2.20. The number of hydrogen-bond donors (Lipinski definition) is 1. The van der Waals surface area contributed by atoms with Gasteiger partial charge in [-0.15, -0.1) is 0 Å². The van der Waals surface area contributed by atoms with Crippen LogP contribution in [0, 0.1) is 0 Å². The van der Waals surface area contributed by atoms with Gasteiger partial charge in [0.2, 0.25) is 0 Å². The number of benzene rings is 1. The monoisotopic (exact) mass is 308 g/mol. The molecule has 5 heteroatoms. The van der Waals surface area contributed by atoms with Crippen molar-refractivity contribution in [1.29, 1.82) is 0 Å². The molecule has 2 aliphatic rings. The molecule has 2 unspecified atom stereocenters. The molecule has 0 amide bonds. The number of rotatable bonds is 0. The average Bonchev–Trinajstić information content (AvgIpc) is 2.95. The summed E-state index contributed by atoms with van der Waals surface area (Å²) >= 11 is 12.5. The van der Waals surface area contributed by atoms with Gasteiger partial charge < -0.3 is 9.67 Å². The summed E-state index contributed by atoms with van der Waals surface area (Å²) in [5, 5.41) is 11.4. The molecule has 1 aliphatic carbocycles. The van der Waals surface area contributed by atoms with Crippen molar-refractivity contribution in [2.45, 2.75) is 38.3 Å². The van der Waals surface area contributed by atoms with Gasteiger partial charge in [0.05, 0.1) is 27.5 Å². The Bertz CT molecular complexity index is 723. The molecule has 1 aliphatic heterocycles. The predicted molar refractivity (Wildman–Crippen MR) is 78.6 cm³/mol. The summed E-state index contributed by atoms with van der Waals surface area (Å²) in [6.45, 7) is 2.81. The van der Waals surface area contributed by atoms with E-state index in [1.54, 1.807) is 0 Å². The van der Waals surface area contributed by atoms with E-state index in [0.29, 0.717) is 16.6 Å². The van der Waals surface area contributed by atoms with Crippen LogP contribution in [-0.4, -0.2) is 14.7 Å². The molecule has 2 aromatic rings. The van der Waals surface area contributed by atoms with Crippen molar-refractivity contribution < 1.29 is 5.11 Å². The Morgan fingerprint density at radius 1 is 1.35 bits per heavy atom. The summed E-state index contributed by atoms with van der Waals surface area (Å²) < 4.78 is 2.16. The third kappa shape index (κ3) is 1.54. The van der Waals surface area contributed by atoms with Gasteiger partial charge in [0.25, 0.3) is 0 Å². The molecular formula is C15H14Cl2N2O. The molecule has 1 aromatic carbocycles. The van der Waals surface area contributed by atoms with Crippen molar-refractivity contribution in [3.8, 4) is 0 Å². The van der Waals surface area contributed by atoms with E-state index in [1.807, 2.05) is 12.1 Å². The third-order valence-corrected chi connectivity index (χ3v) is 5.27. The number of imidazole rings is 1. The largest absolute Gasteiger partial charge is 0.387 e. The number of aryl methyl sites for hydroxylation is 1. The van der Waals surface area contributed by atoms with E-state index in [4.69, 9.17) is 28.2 Å². The maximum absolute atomic E-state index is 10.2. The van der Waals surface area contributed by atoms with Crippen molar-refractivity contribution >= 4 is 23.2 Å². The molecule has 0 spiro atoms. The first-order valence-corrected chi connectivity index (χ1v) is 7.57. The Labute approximate surface area is 127 Å². The van der Waals surface area contributed by atoms with E-state index < -0.39 is 0 Å². The van der Waals surface area contributed by atoms with Gasteiger partial charge in [0.15, 0.2) is 0 Å². The summed E-state index contributed by atoms with van der Waals surface area (Å²) in [6.07, 6.45) is 1.25. The predicted octanol–water partition coefficient (Wildman–Crippen LogP) is 3.68. The first-order chi connectivity index (χ1) is 9.58. The summed E-state index contributed by atoms with van der Waals surface area (Å²) in [6, 6.07) is 3.87. The Kier molecular flexibility index (Phi) is 2.69. The molecule has 0 bridgehead atoms. The van der Waals surface area contributed by atoms with Crippen molar-refractivity contribution in [2.75, 3.05) is 0 Å². The molecule has 3 nitrogen and oxygen atoms in total. The highest BCUT2D eigenvalue weighted by molar-refractivity contribution is 6.42. The molecule has 0 radical (unpaired) electrons. The van der Waals surface area contributed by atoms with Crippen LogP contribution in [0.2, 0.25) is 10.0 Å². The number of aromatic nitrogens is 2. The van der Waals surface area contributed by atoms with Gasteiger partial charge in [-0.1, -0.05) is 36.2 Å². The van der Waals surface area contributed by atoms with Crippen molar-refractivity contribution in [2.24, 2.45) is 0 Å². The molecule has 1 aromatic heterocycles. The summed E-state index contributed by atoms with van der Waals surface area (Å²) in [5.41, 5.74) is 4.27. The zero-order valence-corrected chi connectivity index (χ0v) is 12.5. The summed E-state index contributed by atoms with van der Waals surface area (Å²) in [5.74, 6) is 1.09. The maximum Gasteiger partial charge on any atom is 0.116 e. The Morgan fingerprint density at radius 2 is 2.15 bits per heavy atom. The second-order valence-electron chi connectivity index (χ2n) is 5.60. The van der Waals surface area contributed by atoms with Crippen LogP contribution in [0.3, 0.4) is 0 Å². The lowest BCUT2D eigenvalue weighted by atomic mass is 9.91. The Hall–Kier alpha value is -1.03. The van der Waals surface area contributed by atoms with Gasteiger partial charge in [0, 0.05) is 12.5 Å². The second kappa shape index (κ2) is 4.23. The first kappa shape index (κ1) is 12.7. The molecule has 4 rings (SSSR count). The normalized spacial score (nSPS) is 23.4. The fourth-order valence-electron chi connectivity index (χ4n) is 3.51. The van der Waals surface area contributed by atoms with Crippen LogP contribution in [0.5, 0.6) is 0 Å². The fraction of sp³-hybridized carbons (Fsp3) is 0.400. The smallest absolute Gasteiger partial charge is 0.116 e. The standard InChI is InChI=1S/C15H14Cl2N2O/c1-7-12-8(2-3-9(16)13(12)17)6-19-14-10(18-15(7)19)4-5-11(14)20/h2-3,7,11,20H,4-6H2,1H3. The van der Waals surface area contributed by atoms with Gasteiger partial charge in [-0.05, 0) is 30.0 Å². The topological polar surface area (TPSA) is 38.0 Å². The van der Waals surface area contributed by atoms with Crippen molar-refractivity contribution in [3.05, 3.63) is 50.5 Å². The number of aliphatic hydroxyl groups is 1. The van der Waals surface area contributed by atoms with Crippen LogP contribution in [-0.2, 0) is 13.0 Å². The first-order valence-electron chi connectivity index (χ1n) is 6.82. The number of aliphatic hydroxyl groups excluding tert-OH is 1. The minimum Gasteiger partial charge on any atom is -0.387 e. The quantitative estimate of drug-likeness (QED) is 0.806. The van der Waals surface area contributed by atoms with E-state index in [9.17, 15) is 5.11 Å². The lowest BCUT2D eigenvalue weighted by Gasteiger charge is -2.27. The minimum absolute atomic E-state index is 0.0998. The van der Waals surface area contributed by atoms with Gasteiger partial charge in [-0.2, -0.15) is 0 Å². The maximum atomic E-state index is 10.2. The van der Waals surface area contributed by atoms with Crippen LogP contribution in [0.25, 0.3) is 0 Å². The van der Waals surface area contributed by atoms with Crippen LogP contribution in [0.4, 0.5) is 0 Å². The van der Waals surface area contributed by atoms with E-state index >= 15 is 0 Å². The second-order valence-corrected chi connectivity index (χ2v) is 6.38. The molecule has 104 valence electrons. The van der Waals surface area contributed by atoms with Crippen molar-refractivity contribution in [3.63, 3.8) is 0 Å². The van der Waals surface area contributed by atoms with Gasteiger partial charge in [0.1, 0.15) is 5.82 Å². The van der Waals surface area contributed by atoms with Gasteiger partial charge in [-0.3, -0.25) is 0 Å². The van der Waals surface area contributed by atoms with E-state index in [2.05, 4.69) is 11.5 Å². The highest BCUT2D eigenvalue weighted by atomic mass is 35.5. The zero-order chi connectivity index (χ0) is 14.0. The van der Waals surface area contributed by atoms with E-state index in [0.717, 1.165) is 35.6 Å². The molecule has 2 atom stereocenters. The molecule has 1 N–H and O–H groups in total. The van der Waals surface area contributed by atoms with E-state index in [1.165, 1.54) is 5.56 Å². The summed E-state index contributed by atoms with van der Waals surface area (Å²) in [7, 11) is 0. The highest BCUT2D eigenvalue weighted by Gasteiger charge is 2.34. The third-order valence-electron chi connectivity index (χ3n) is 4.45. The molecular weight excluding hydrogens is 295 g/mol. The van der Waals surface area contributed by atoms with Gasteiger partial charge in [-0.25, -0.2) is 4.98 Å². The molecule has 2 heterocycles.